The minimum Gasteiger partial charge on any atom is -0.495 e. The number of nitrogens with zero attached hydrogens (tertiary/aromatic N) is 1. The maximum Gasteiger partial charge on any atom is 0.141 e. The number of hydrogen-bond acceptors (Lipinski definition) is 3. The number of rotatable bonds is 5. The molecule has 0 bridgehead atoms. The fourth-order valence-electron chi connectivity index (χ4n) is 2.37. The smallest absolute Gasteiger partial charge is 0.141 e. The van der Waals surface area contributed by atoms with Crippen molar-refractivity contribution in [2.75, 3.05) is 26.4 Å². The third-order valence-electron chi connectivity index (χ3n) is 3.54. The quantitative estimate of drug-likeness (QED) is 0.796. The molecule has 3 heteroatoms. The van der Waals surface area contributed by atoms with E-state index in [1.54, 1.807) is 7.11 Å². The Morgan fingerprint density at radius 2 is 2.18 bits per heavy atom. The molecule has 1 aromatic rings. The minimum atomic E-state index is 0.724. The van der Waals surface area contributed by atoms with E-state index >= 15 is 0 Å². The van der Waals surface area contributed by atoms with E-state index in [2.05, 4.69) is 18.0 Å². The summed E-state index contributed by atoms with van der Waals surface area (Å²) in [4.78, 5) is 2.38. The normalized spacial score (nSPS) is 15.9. The molecule has 2 N–H and O–H groups in total. The summed E-state index contributed by atoms with van der Waals surface area (Å²) in [6, 6.07) is 6.05. The van der Waals surface area contributed by atoms with E-state index in [0.717, 1.165) is 23.9 Å². The van der Waals surface area contributed by atoms with Gasteiger partial charge in [0.2, 0.25) is 0 Å². The fourth-order valence-corrected chi connectivity index (χ4v) is 2.37. The van der Waals surface area contributed by atoms with Crippen LogP contribution in [0.5, 0.6) is 5.75 Å². The predicted molar refractivity (Wildman–Crippen MR) is 71.1 cm³/mol. The number of anilines is 1. The molecule has 1 aliphatic rings. The molecule has 94 valence electrons. The fraction of sp³-hybridized carbons (Fsp3) is 0.571. The SMILES string of the molecule is COc1ccc(CN(C)CC2CCC2)cc1N. The highest BCUT2D eigenvalue weighted by Gasteiger charge is 2.18. The van der Waals surface area contributed by atoms with Crippen LogP contribution < -0.4 is 10.5 Å². The molecule has 0 aliphatic heterocycles. The Labute approximate surface area is 104 Å². The van der Waals surface area contributed by atoms with Gasteiger partial charge in [-0.3, -0.25) is 0 Å². The van der Waals surface area contributed by atoms with E-state index < -0.39 is 0 Å². The monoisotopic (exact) mass is 234 g/mol. The summed E-state index contributed by atoms with van der Waals surface area (Å²) >= 11 is 0. The molecule has 0 aromatic heterocycles. The molecule has 0 radical (unpaired) electrons. The van der Waals surface area contributed by atoms with Crippen LogP contribution in [0, 0.1) is 5.92 Å². The van der Waals surface area contributed by atoms with E-state index in [9.17, 15) is 0 Å². The average molecular weight is 234 g/mol. The van der Waals surface area contributed by atoms with Crippen LogP contribution in [0.2, 0.25) is 0 Å². The molecule has 1 fully saturated rings. The first-order chi connectivity index (χ1) is 8.19. The maximum absolute atomic E-state index is 5.90. The Hall–Kier alpha value is -1.22. The van der Waals surface area contributed by atoms with Crippen LogP contribution in [0.1, 0.15) is 24.8 Å². The van der Waals surface area contributed by atoms with Gasteiger partial charge in [-0.05, 0) is 43.5 Å². The lowest BCUT2D eigenvalue weighted by Crippen LogP contribution is -2.29. The van der Waals surface area contributed by atoms with Crippen molar-refractivity contribution in [2.24, 2.45) is 5.92 Å². The Balaban J connectivity index is 1.90. The van der Waals surface area contributed by atoms with Gasteiger partial charge in [0.15, 0.2) is 0 Å². The first-order valence-electron chi connectivity index (χ1n) is 6.30. The van der Waals surface area contributed by atoms with Crippen LogP contribution in [0.15, 0.2) is 18.2 Å². The predicted octanol–water partition coefficient (Wildman–Crippen LogP) is 2.51. The summed E-state index contributed by atoms with van der Waals surface area (Å²) < 4.78 is 5.16. The van der Waals surface area contributed by atoms with Crippen LogP contribution >= 0.6 is 0 Å². The summed E-state index contributed by atoms with van der Waals surface area (Å²) in [6.07, 6.45) is 4.21. The zero-order valence-corrected chi connectivity index (χ0v) is 10.8. The molecule has 0 atom stereocenters. The standard InChI is InChI=1S/C14H22N2O/c1-16(9-11-4-3-5-11)10-12-6-7-14(17-2)13(15)8-12/h6-8,11H,3-5,9-10,15H2,1-2H3. The Kier molecular flexibility index (Phi) is 3.89. The topological polar surface area (TPSA) is 38.5 Å². The Bertz CT molecular complexity index is 374. The van der Waals surface area contributed by atoms with E-state index in [4.69, 9.17) is 10.5 Å². The van der Waals surface area contributed by atoms with Crippen LogP contribution in [0.25, 0.3) is 0 Å². The number of benzene rings is 1. The highest BCUT2D eigenvalue weighted by molar-refractivity contribution is 5.54. The third-order valence-corrected chi connectivity index (χ3v) is 3.54. The van der Waals surface area contributed by atoms with E-state index in [1.165, 1.54) is 31.4 Å². The molecule has 0 unspecified atom stereocenters. The summed E-state index contributed by atoms with van der Waals surface area (Å²) in [5.74, 6) is 1.67. The Morgan fingerprint density at radius 3 is 2.71 bits per heavy atom. The molecular weight excluding hydrogens is 212 g/mol. The molecule has 0 saturated heterocycles. The molecule has 1 saturated carbocycles. The van der Waals surface area contributed by atoms with Gasteiger partial charge in [-0.2, -0.15) is 0 Å². The van der Waals surface area contributed by atoms with Gasteiger partial charge in [-0.25, -0.2) is 0 Å². The lowest BCUT2D eigenvalue weighted by atomic mass is 9.85. The van der Waals surface area contributed by atoms with Crippen molar-refractivity contribution < 1.29 is 4.74 Å². The molecular formula is C14H22N2O. The van der Waals surface area contributed by atoms with Crippen molar-refractivity contribution in [3.05, 3.63) is 23.8 Å². The highest BCUT2D eigenvalue weighted by atomic mass is 16.5. The van der Waals surface area contributed by atoms with Gasteiger partial charge in [0.1, 0.15) is 5.75 Å². The average Bonchev–Trinajstić information content (AvgIpc) is 2.24. The minimum absolute atomic E-state index is 0.724. The summed E-state index contributed by atoms with van der Waals surface area (Å²) in [7, 11) is 3.83. The maximum atomic E-state index is 5.90. The third kappa shape index (κ3) is 3.13. The molecule has 1 aromatic carbocycles. The lowest BCUT2D eigenvalue weighted by molar-refractivity contribution is 0.200. The summed E-state index contributed by atoms with van der Waals surface area (Å²) in [5, 5.41) is 0. The van der Waals surface area contributed by atoms with Crippen molar-refractivity contribution in [1.82, 2.24) is 4.90 Å². The molecule has 17 heavy (non-hydrogen) atoms. The van der Waals surface area contributed by atoms with Crippen LogP contribution in [0.4, 0.5) is 5.69 Å². The number of ether oxygens (including phenoxy) is 1. The molecule has 0 amide bonds. The van der Waals surface area contributed by atoms with Gasteiger partial charge in [0.25, 0.3) is 0 Å². The molecule has 1 aliphatic carbocycles. The lowest BCUT2D eigenvalue weighted by Gasteiger charge is -2.30. The van der Waals surface area contributed by atoms with Gasteiger partial charge in [-0.1, -0.05) is 12.5 Å². The van der Waals surface area contributed by atoms with Gasteiger partial charge in [0.05, 0.1) is 12.8 Å². The molecule has 0 heterocycles. The van der Waals surface area contributed by atoms with E-state index in [0.29, 0.717) is 0 Å². The molecule has 3 nitrogen and oxygen atoms in total. The van der Waals surface area contributed by atoms with E-state index in [-0.39, 0.29) is 0 Å². The Morgan fingerprint density at radius 1 is 1.41 bits per heavy atom. The molecule has 0 spiro atoms. The second-order valence-corrected chi connectivity index (χ2v) is 5.07. The van der Waals surface area contributed by atoms with Gasteiger partial charge >= 0.3 is 0 Å². The van der Waals surface area contributed by atoms with Crippen molar-refractivity contribution in [3.63, 3.8) is 0 Å². The summed E-state index contributed by atoms with van der Waals surface area (Å²) in [6.45, 7) is 2.16. The molecule has 2 rings (SSSR count). The number of nitrogen functional groups attached to an aromatic ring is 1. The zero-order valence-electron chi connectivity index (χ0n) is 10.8. The largest absolute Gasteiger partial charge is 0.495 e. The van der Waals surface area contributed by atoms with E-state index in [1.807, 2.05) is 12.1 Å². The first-order valence-corrected chi connectivity index (χ1v) is 6.30. The van der Waals surface area contributed by atoms with Crippen LogP contribution in [-0.2, 0) is 6.54 Å². The number of methoxy groups -OCH3 is 1. The first kappa shape index (κ1) is 12.2. The van der Waals surface area contributed by atoms with Crippen molar-refractivity contribution in [3.8, 4) is 5.75 Å². The van der Waals surface area contributed by atoms with Crippen LogP contribution in [0.3, 0.4) is 0 Å². The van der Waals surface area contributed by atoms with Gasteiger partial charge in [-0.15, -0.1) is 0 Å². The van der Waals surface area contributed by atoms with Crippen LogP contribution in [-0.4, -0.2) is 25.6 Å². The van der Waals surface area contributed by atoms with Gasteiger partial charge < -0.3 is 15.4 Å². The second kappa shape index (κ2) is 5.41. The van der Waals surface area contributed by atoms with Crippen molar-refractivity contribution in [2.45, 2.75) is 25.8 Å². The highest BCUT2D eigenvalue weighted by Crippen LogP contribution is 2.27. The van der Waals surface area contributed by atoms with Crippen molar-refractivity contribution >= 4 is 5.69 Å². The number of hydrogen-bond donors (Lipinski definition) is 1. The summed E-state index contributed by atoms with van der Waals surface area (Å²) in [5.41, 5.74) is 7.88. The zero-order chi connectivity index (χ0) is 12.3. The second-order valence-electron chi connectivity index (χ2n) is 5.07. The number of nitrogens with two attached hydrogens (primary N) is 1. The van der Waals surface area contributed by atoms with Gasteiger partial charge in [0, 0.05) is 13.1 Å². The van der Waals surface area contributed by atoms with Crippen molar-refractivity contribution in [1.29, 1.82) is 0 Å².